The minimum Gasteiger partial charge on any atom is -0.301 e. The van der Waals surface area contributed by atoms with Crippen molar-refractivity contribution >= 4 is 38.3 Å². The van der Waals surface area contributed by atoms with Gasteiger partial charge in [-0.1, -0.05) is 35.6 Å². The number of fused-ring (bicyclic) bond motifs is 2. The van der Waals surface area contributed by atoms with E-state index in [2.05, 4.69) is 27.3 Å². The number of amides is 1. The van der Waals surface area contributed by atoms with Crippen molar-refractivity contribution in [1.82, 2.24) is 9.88 Å². The van der Waals surface area contributed by atoms with Gasteiger partial charge in [-0.05, 0) is 23.6 Å². The van der Waals surface area contributed by atoms with Crippen molar-refractivity contribution in [1.29, 1.82) is 0 Å². The number of aromatic nitrogens is 1. The van der Waals surface area contributed by atoms with Crippen LogP contribution in [-0.4, -0.2) is 33.8 Å². The van der Waals surface area contributed by atoms with Crippen molar-refractivity contribution in [3.8, 4) is 0 Å². The molecule has 0 aliphatic carbocycles. The molecule has 0 unspecified atom stereocenters. The molecule has 1 aliphatic rings. The summed E-state index contributed by atoms with van der Waals surface area (Å²) in [6.45, 7) is 1.90. The number of benzene rings is 2. The smallest absolute Gasteiger partial charge is 0.270 e. The van der Waals surface area contributed by atoms with Gasteiger partial charge in [0.15, 0.2) is 5.13 Å². The van der Waals surface area contributed by atoms with Crippen LogP contribution in [0.5, 0.6) is 0 Å². The average Bonchev–Trinajstić information content (AvgIpc) is 3.02. The summed E-state index contributed by atoms with van der Waals surface area (Å²) >= 11 is 1.24. The topological polar surface area (TPSA) is 88.4 Å². The number of nitrogens with one attached hydrogen (secondary N) is 1. The number of carbonyl (C=O) groups excluding carboxylic acids is 1. The predicted molar refractivity (Wildman–Crippen MR) is 100 cm³/mol. The summed E-state index contributed by atoms with van der Waals surface area (Å²) in [7, 11) is 0. The maximum atomic E-state index is 12.4. The maximum absolute atomic E-state index is 12.4. The molecule has 0 atom stereocenters. The third-order valence-electron chi connectivity index (χ3n) is 4.41. The highest BCUT2D eigenvalue weighted by Gasteiger charge is 2.19. The van der Waals surface area contributed by atoms with Crippen LogP contribution in [0.1, 0.15) is 11.1 Å². The Bertz CT molecular complexity index is 1000. The minimum atomic E-state index is -0.439. The molecule has 0 saturated heterocycles. The number of nitro groups is 1. The van der Waals surface area contributed by atoms with Gasteiger partial charge in [0.25, 0.3) is 5.69 Å². The summed E-state index contributed by atoms with van der Waals surface area (Å²) in [5.74, 6) is -0.127. The summed E-state index contributed by atoms with van der Waals surface area (Å²) in [4.78, 5) is 29.2. The van der Waals surface area contributed by atoms with Gasteiger partial charge in [0.2, 0.25) is 5.91 Å². The Hall–Kier alpha value is -2.84. The largest absolute Gasteiger partial charge is 0.301 e. The summed E-state index contributed by atoms with van der Waals surface area (Å²) in [6.07, 6.45) is 0.939. The van der Waals surface area contributed by atoms with Crippen molar-refractivity contribution in [3.05, 3.63) is 63.7 Å². The Morgan fingerprint density at radius 3 is 2.88 bits per heavy atom. The Labute approximate surface area is 153 Å². The quantitative estimate of drug-likeness (QED) is 0.564. The summed E-state index contributed by atoms with van der Waals surface area (Å²) in [5, 5.41) is 14.1. The first-order valence-corrected chi connectivity index (χ1v) is 9.04. The van der Waals surface area contributed by atoms with E-state index in [-0.39, 0.29) is 11.6 Å². The first-order chi connectivity index (χ1) is 12.6. The number of non-ortho nitro benzene ring substituents is 1. The first kappa shape index (κ1) is 16.6. The minimum absolute atomic E-state index is 0.0195. The molecule has 1 amide bonds. The van der Waals surface area contributed by atoms with Gasteiger partial charge in [-0.25, -0.2) is 4.98 Å². The van der Waals surface area contributed by atoms with Crippen molar-refractivity contribution < 1.29 is 9.72 Å². The van der Waals surface area contributed by atoms with Crippen molar-refractivity contribution in [2.75, 3.05) is 18.4 Å². The van der Waals surface area contributed by atoms with E-state index in [1.54, 1.807) is 6.07 Å². The third-order valence-corrected chi connectivity index (χ3v) is 5.34. The highest BCUT2D eigenvalue weighted by molar-refractivity contribution is 7.22. The van der Waals surface area contributed by atoms with Crippen LogP contribution < -0.4 is 5.32 Å². The maximum Gasteiger partial charge on any atom is 0.270 e. The van der Waals surface area contributed by atoms with Gasteiger partial charge < -0.3 is 5.32 Å². The first-order valence-electron chi connectivity index (χ1n) is 8.22. The fraction of sp³-hybridized carbons (Fsp3) is 0.222. The van der Waals surface area contributed by atoms with Gasteiger partial charge in [-0.2, -0.15) is 0 Å². The molecule has 0 spiro atoms. The molecule has 3 aromatic rings. The Morgan fingerprint density at radius 2 is 2.08 bits per heavy atom. The molecule has 0 saturated carbocycles. The fourth-order valence-corrected chi connectivity index (χ4v) is 4.05. The van der Waals surface area contributed by atoms with E-state index in [0.29, 0.717) is 21.9 Å². The molecule has 2 heterocycles. The molecule has 7 nitrogen and oxygen atoms in total. The summed E-state index contributed by atoms with van der Waals surface area (Å²) in [6, 6.07) is 12.8. The van der Waals surface area contributed by atoms with Gasteiger partial charge in [0, 0.05) is 25.2 Å². The van der Waals surface area contributed by atoms with E-state index < -0.39 is 4.92 Å². The second-order valence-corrected chi connectivity index (χ2v) is 7.24. The molecule has 1 aromatic heterocycles. The molecule has 8 heteroatoms. The lowest BCUT2D eigenvalue weighted by Gasteiger charge is -2.27. The van der Waals surface area contributed by atoms with E-state index in [0.717, 1.165) is 19.5 Å². The summed E-state index contributed by atoms with van der Waals surface area (Å²) < 4.78 is 0.682. The number of hydrogen-bond acceptors (Lipinski definition) is 6. The molecule has 1 N–H and O–H groups in total. The lowest BCUT2D eigenvalue weighted by molar-refractivity contribution is -0.384. The molecule has 26 heavy (non-hydrogen) atoms. The van der Waals surface area contributed by atoms with E-state index in [1.807, 2.05) is 12.1 Å². The highest BCUT2D eigenvalue weighted by Crippen LogP contribution is 2.29. The molecule has 0 fully saturated rings. The lowest BCUT2D eigenvalue weighted by Crippen LogP contribution is -2.37. The van der Waals surface area contributed by atoms with Crippen LogP contribution in [0.3, 0.4) is 0 Å². The van der Waals surface area contributed by atoms with Crippen molar-refractivity contribution in [2.45, 2.75) is 13.0 Å². The molecule has 4 rings (SSSR count). The zero-order chi connectivity index (χ0) is 18.1. The van der Waals surface area contributed by atoms with Gasteiger partial charge in [-0.3, -0.25) is 19.8 Å². The predicted octanol–water partition coefficient (Wildman–Crippen LogP) is 3.20. The molecule has 2 aromatic carbocycles. The van der Waals surface area contributed by atoms with Crippen LogP contribution in [0.25, 0.3) is 10.2 Å². The van der Waals surface area contributed by atoms with Crippen LogP contribution in [0, 0.1) is 10.1 Å². The molecule has 0 bridgehead atoms. The van der Waals surface area contributed by atoms with E-state index in [4.69, 9.17) is 0 Å². The van der Waals surface area contributed by atoms with Crippen LogP contribution in [-0.2, 0) is 17.8 Å². The fourth-order valence-electron chi connectivity index (χ4n) is 3.13. The average molecular weight is 368 g/mol. The van der Waals surface area contributed by atoms with E-state index in [1.165, 1.54) is 34.6 Å². The highest BCUT2D eigenvalue weighted by atomic mass is 32.1. The molecule has 1 aliphatic heterocycles. The summed E-state index contributed by atoms with van der Waals surface area (Å²) in [5.41, 5.74) is 3.27. The monoisotopic (exact) mass is 368 g/mol. The van der Waals surface area contributed by atoms with Crippen molar-refractivity contribution in [2.24, 2.45) is 0 Å². The van der Waals surface area contributed by atoms with Crippen LogP contribution in [0.15, 0.2) is 42.5 Å². The van der Waals surface area contributed by atoms with Crippen LogP contribution in [0.4, 0.5) is 10.8 Å². The second-order valence-electron chi connectivity index (χ2n) is 6.21. The Morgan fingerprint density at radius 1 is 1.27 bits per heavy atom. The van der Waals surface area contributed by atoms with Crippen LogP contribution in [0.2, 0.25) is 0 Å². The number of carbonyl (C=O) groups is 1. The van der Waals surface area contributed by atoms with E-state index in [9.17, 15) is 14.9 Å². The number of nitro benzene ring substituents is 1. The standard InChI is InChI=1S/C18H16N4O3S/c23-17(11-21-8-7-12-3-1-2-4-13(12)10-21)20-18-19-15-6-5-14(22(24)25)9-16(15)26-18/h1-6,9H,7-8,10-11H2,(H,19,20,23). The SMILES string of the molecule is O=C(CN1CCc2ccccc2C1)Nc1nc2ccc([N+](=O)[O-])cc2s1. The number of rotatable bonds is 4. The second kappa shape index (κ2) is 6.81. The molecular weight excluding hydrogens is 352 g/mol. The zero-order valence-corrected chi connectivity index (χ0v) is 14.7. The van der Waals surface area contributed by atoms with Gasteiger partial charge in [-0.15, -0.1) is 0 Å². The van der Waals surface area contributed by atoms with Gasteiger partial charge >= 0.3 is 0 Å². The Balaban J connectivity index is 1.42. The number of hydrogen-bond donors (Lipinski definition) is 1. The number of nitrogens with zero attached hydrogens (tertiary/aromatic N) is 3. The van der Waals surface area contributed by atoms with Gasteiger partial charge in [0.05, 0.1) is 21.7 Å². The zero-order valence-electron chi connectivity index (χ0n) is 13.8. The normalized spacial score (nSPS) is 14.2. The van der Waals surface area contributed by atoms with Crippen LogP contribution >= 0.6 is 11.3 Å². The lowest BCUT2D eigenvalue weighted by atomic mass is 10.00. The van der Waals surface area contributed by atoms with Crippen molar-refractivity contribution in [3.63, 3.8) is 0 Å². The Kier molecular flexibility index (Phi) is 4.36. The number of anilines is 1. The van der Waals surface area contributed by atoms with E-state index >= 15 is 0 Å². The number of thiazole rings is 1. The molecule has 0 radical (unpaired) electrons. The third kappa shape index (κ3) is 3.42. The van der Waals surface area contributed by atoms with Gasteiger partial charge in [0.1, 0.15) is 0 Å². The molecule has 132 valence electrons. The molecular formula is C18H16N4O3S.